The third-order valence-electron chi connectivity index (χ3n) is 6.90. The zero-order valence-corrected chi connectivity index (χ0v) is 24.3. The minimum absolute atomic E-state index is 0.555. The number of halogens is 1. The SMILES string of the molecule is CCC(C)Cn1c(-c2cccc(-c3nc4ccccc4n3C[C@@H](C)CC)n2)nc2ccccc21.[Cl][Pt]. The molecule has 0 amide bonds. The summed E-state index contributed by atoms with van der Waals surface area (Å²) in [4.78, 5) is 15.1. The number of benzene rings is 2. The number of imidazole rings is 2. The van der Waals surface area contributed by atoms with Gasteiger partial charge in [-0.2, -0.15) is 0 Å². The zero-order chi connectivity index (χ0) is 25.7. The maximum absolute atomic E-state index is 5.12. The van der Waals surface area contributed by atoms with Crippen molar-refractivity contribution in [2.75, 3.05) is 0 Å². The Morgan fingerprint density at radius 3 is 1.47 bits per heavy atom. The first-order valence-corrected chi connectivity index (χ1v) is 15.4. The van der Waals surface area contributed by atoms with Gasteiger partial charge in [-0.05, 0) is 48.2 Å². The van der Waals surface area contributed by atoms with Crippen LogP contribution in [0, 0.1) is 11.8 Å². The number of pyridine rings is 1. The van der Waals surface area contributed by atoms with Gasteiger partial charge in [0.25, 0.3) is 0 Å². The van der Waals surface area contributed by atoms with Gasteiger partial charge in [0.15, 0.2) is 11.6 Å². The Hall–Kier alpha value is -2.49. The van der Waals surface area contributed by atoms with Gasteiger partial charge in [0.2, 0.25) is 0 Å². The second-order valence-electron chi connectivity index (χ2n) is 9.50. The Balaban J connectivity index is 0.00000148. The minimum atomic E-state index is 0.555. The number of aromatic nitrogens is 5. The van der Waals surface area contributed by atoms with Crippen LogP contribution >= 0.6 is 9.42 Å². The van der Waals surface area contributed by atoms with E-state index < -0.39 is 0 Å². The summed E-state index contributed by atoms with van der Waals surface area (Å²) in [5.74, 6) is 2.96. The van der Waals surface area contributed by atoms with Crippen molar-refractivity contribution in [2.45, 2.75) is 53.6 Å². The molecule has 1 unspecified atom stereocenters. The van der Waals surface area contributed by atoms with E-state index in [4.69, 9.17) is 15.0 Å². The first kappa shape index (κ1) is 26.6. The Kier molecular flexibility index (Phi) is 8.98. The van der Waals surface area contributed by atoms with Crippen LogP contribution in [0.1, 0.15) is 40.5 Å². The van der Waals surface area contributed by atoms with Crippen molar-refractivity contribution in [1.29, 1.82) is 0 Å². The third kappa shape index (κ3) is 5.43. The van der Waals surface area contributed by atoms with E-state index in [0.717, 1.165) is 71.0 Å². The maximum atomic E-state index is 5.12. The molecule has 191 valence electrons. The summed E-state index contributed by atoms with van der Waals surface area (Å²) in [6, 6.07) is 23.0. The fourth-order valence-corrected chi connectivity index (χ4v) is 4.48. The van der Waals surface area contributed by atoms with Gasteiger partial charge in [-0.3, -0.25) is 0 Å². The molecule has 2 aromatic carbocycles. The van der Waals surface area contributed by atoms with Crippen LogP contribution in [0.3, 0.4) is 0 Å². The Labute approximate surface area is 228 Å². The molecule has 36 heavy (non-hydrogen) atoms. The van der Waals surface area contributed by atoms with Crippen molar-refractivity contribution >= 4 is 31.5 Å². The van der Waals surface area contributed by atoms with E-state index in [0.29, 0.717) is 11.8 Å². The van der Waals surface area contributed by atoms with Crippen molar-refractivity contribution in [3.8, 4) is 23.0 Å². The zero-order valence-electron chi connectivity index (χ0n) is 21.3. The second-order valence-corrected chi connectivity index (χ2v) is 9.50. The van der Waals surface area contributed by atoms with E-state index in [-0.39, 0.29) is 0 Å². The molecule has 3 aromatic heterocycles. The molecule has 0 aliphatic heterocycles. The molecule has 2 atom stereocenters. The molecular formula is C29H33ClN5Pt. The molecule has 5 aromatic rings. The van der Waals surface area contributed by atoms with Gasteiger partial charge in [-0.15, -0.1) is 0 Å². The fourth-order valence-electron chi connectivity index (χ4n) is 4.48. The average Bonchev–Trinajstić information content (AvgIpc) is 3.48. The average molecular weight is 682 g/mol. The molecule has 0 aliphatic carbocycles. The normalized spacial score (nSPS) is 13.0. The van der Waals surface area contributed by atoms with E-state index in [1.54, 1.807) is 18.8 Å². The van der Waals surface area contributed by atoms with Crippen LogP contribution in [-0.2, 0) is 31.9 Å². The quantitative estimate of drug-likeness (QED) is 0.167. The van der Waals surface area contributed by atoms with Crippen LogP contribution < -0.4 is 0 Å². The molecule has 0 bridgehead atoms. The topological polar surface area (TPSA) is 48.5 Å². The first-order valence-electron chi connectivity index (χ1n) is 12.6. The summed E-state index contributed by atoms with van der Waals surface area (Å²) in [6.45, 7) is 10.9. The Bertz CT molecular complexity index is 1340. The van der Waals surface area contributed by atoms with Crippen LogP contribution in [-0.4, -0.2) is 24.1 Å². The van der Waals surface area contributed by atoms with Gasteiger partial charge in [-0.25, -0.2) is 15.0 Å². The molecule has 0 saturated heterocycles. The van der Waals surface area contributed by atoms with Gasteiger partial charge in [0, 0.05) is 13.1 Å². The number of nitrogens with zero attached hydrogens (tertiary/aromatic N) is 5. The van der Waals surface area contributed by atoms with Gasteiger partial charge in [0.1, 0.15) is 11.4 Å². The summed E-state index contributed by atoms with van der Waals surface area (Å²) in [7, 11) is 4.61. The molecule has 0 fully saturated rings. The number of para-hydroxylation sites is 4. The van der Waals surface area contributed by atoms with Crippen LogP contribution in [0.15, 0.2) is 66.7 Å². The van der Waals surface area contributed by atoms with Crippen molar-refractivity contribution in [3.63, 3.8) is 0 Å². The summed E-state index contributed by atoms with van der Waals surface area (Å²) < 4.78 is 4.66. The molecule has 0 saturated carbocycles. The number of hydrogen-bond donors (Lipinski definition) is 0. The monoisotopic (exact) mass is 681 g/mol. The van der Waals surface area contributed by atoms with Crippen LogP contribution in [0.25, 0.3) is 45.1 Å². The molecule has 7 heteroatoms. The van der Waals surface area contributed by atoms with Gasteiger partial charge in [0.05, 0.1) is 22.1 Å². The number of fused-ring (bicyclic) bond motifs is 2. The van der Waals surface area contributed by atoms with E-state index in [9.17, 15) is 0 Å². The number of rotatable bonds is 8. The number of hydrogen-bond acceptors (Lipinski definition) is 3. The third-order valence-corrected chi connectivity index (χ3v) is 6.90. The van der Waals surface area contributed by atoms with E-state index >= 15 is 0 Å². The van der Waals surface area contributed by atoms with Crippen molar-refractivity contribution in [2.24, 2.45) is 11.8 Å². The standard InChI is InChI=1S/C29H33N5.ClH.Pt/c1-5-20(3)18-33-26-16-9-7-12-22(26)31-28(33)24-14-11-15-25(30-24)29-32-23-13-8-10-17-27(23)34(29)19-21(4)6-2;;/h7-17,20-21H,5-6,18-19H2,1-4H3;1H;/q;;+1/p-1/t20-,21?;;/m0../s1. The van der Waals surface area contributed by atoms with E-state index in [2.05, 4.69) is 101 Å². The summed E-state index contributed by atoms with van der Waals surface area (Å²) in [5.41, 5.74) is 6.12. The molecular weight excluding hydrogens is 649 g/mol. The molecule has 5 rings (SSSR count). The van der Waals surface area contributed by atoms with Crippen molar-refractivity contribution in [1.82, 2.24) is 24.1 Å². The molecule has 0 aliphatic rings. The first-order chi connectivity index (χ1) is 17.6. The molecule has 3 heterocycles. The molecule has 5 nitrogen and oxygen atoms in total. The van der Waals surface area contributed by atoms with Crippen LogP contribution in [0.4, 0.5) is 0 Å². The predicted molar refractivity (Wildman–Crippen MR) is 146 cm³/mol. The summed E-state index contributed by atoms with van der Waals surface area (Å²) in [6.07, 6.45) is 2.25. The molecule has 0 spiro atoms. The Morgan fingerprint density at radius 1 is 0.639 bits per heavy atom. The van der Waals surface area contributed by atoms with Crippen LogP contribution in [0.2, 0.25) is 0 Å². The van der Waals surface area contributed by atoms with E-state index in [1.807, 2.05) is 12.1 Å². The molecule has 0 radical (unpaired) electrons. The summed E-state index contributed by atoms with van der Waals surface area (Å²) in [5, 5.41) is 0. The van der Waals surface area contributed by atoms with Gasteiger partial charge < -0.3 is 9.13 Å². The predicted octanol–water partition coefficient (Wildman–Crippen LogP) is 7.89. The van der Waals surface area contributed by atoms with Crippen LogP contribution in [0.5, 0.6) is 0 Å². The fraction of sp³-hybridized carbons (Fsp3) is 0.345. The van der Waals surface area contributed by atoms with E-state index in [1.165, 1.54) is 0 Å². The van der Waals surface area contributed by atoms with Crippen molar-refractivity contribution in [3.05, 3.63) is 66.7 Å². The molecule has 0 N–H and O–H groups in total. The van der Waals surface area contributed by atoms with Crippen molar-refractivity contribution < 1.29 is 18.8 Å². The summed E-state index contributed by atoms with van der Waals surface area (Å²) >= 11 is 1.61. The second kappa shape index (κ2) is 12.2. The van der Waals surface area contributed by atoms with Gasteiger partial charge >= 0.3 is 28.2 Å². The van der Waals surface area contributed by atoms with Gasteiger partial charge in [-0.1, -0.05) is 70.9 Å². The Morgan fingerprint density at radius 2 is 1.06 bits per heavy atom.